The lowest BCUT2D eigenvalue weighted by atomic mass is 9.98. The minimum absolute atomic E-state index is 0.0966. The van der Waals surface area contributed by atoms with E-state index in [1.807, 2.05) is 0 Å². The van der Waals surface area contributed by atoms with Gasteiger partial charge in [0.15, 0.2) is 6.23 Å². The van der Waals surface area contributed by atoms with Crippen LogP contribution in [0.3, 0.4) is 0 Å². The standard InChI is InChI=1S/C12H17NO6/c14-5-8-9(16)10(17)11(18)12(19-8)13-6-1-3-7(15)4-2-6/h1-4,8-18H,5H2/t8-,9+,10+,11-,12+/m0/s1. The van der Waals surface area contributed by atoms with Crippen LogP contribution in [0.1, 0.15) is 0 Å². The normalized spacial score (nSPS) is 35.1. The Labute approximate surface area is 109 Å². The van der Waals surface area contributed by atoms with Crippen LogP contribution < -0.4 is 5.32 Å². The van der Waals surface area contributed by atoms with Crippen LogP contribution >= 0.6 is 0 Å². The third-order valence-electron chi connectivity index (χ3n) is 3.07. The lowest BCUT2D eigenvalue weighted by molar-refractivity contribution is -0.221. The molecule has 0 spiro atoms. The van der Waals surface area contributed by atoms with E-state index in [1.54, 1.807) is 12.1 Å². The lowest BCUT2D eigenvalue weighted by Gasteiger charge is -2.40. The number of hydrogen-bond acceptors (Lipinski definition) is 7. The summed E-state index contributed by atoms with van der Waals surface area (Å²) in [6.07, 6.45) is -6.06. The molecule has 7 nitrogen and oxygen atoms in total. The Morgan fingerprint density at radius 1 is 1.00 bits per heavy atom. The number of hydrogen-bond donors (Lipinski definition) is 6. The molecule has 1 saturated heterocycles. The predicted octanol–water partition coefficient (Wildman–Crippen LogP) is -1.40. The van der Waals surface area contributed by atoms with Gasteiger partial charge >= 0.3 is 0 Å². The van der Waals surface area contributed by atoms with Crippen molar-refractivity contribution in [2.45, 2.75) is 30.6 Å². The number of phenolic OH excluding ortho intramolecular Hbond substituents is 1. The molecule has 0 unspecified atom stereocenters. The first kappa shape index (κ1) is 14.0. The predicted molar refractivity (Wildman–Crippen MR) is 65.5 cm³/mol. The maximum Gasteiger partial charge on any atom is 0.157 e. The molecule has 7 heteroatoms. The van der Waals surface area contributed by atoms with E-state index in [9.17, 15) is 15.3 Å². The highest BCUT2D eigenvalue weighted by Crippen LogP contribution is 2.23. The smallest absolute Gasteiger partial charge is 0.157 e. The van der Waals surface area contributed by atoms with Crippen molar-refractivity contribution in [2.24, 2.45) is 0 Å². The van der Waals surface area contributed by atoms with E-state index in [0.29, 0.717) is 5.69 Å². The van der Waals surface area contributed by atoms with Gasteiger partial charge in [-0.2, -0.15) is 0 Å². The first-order valence-electron chi connectivity index (χ1n) is 5.89. The van der Waals surface area contributed by atoms with Crippen molar-refractivity contribution < 1.29 is 30.3 Å². The lowest BCUT2D eigenvalue weighted by Crippen LogP contribution is -2.60. The fourth-order valence-electron chi connectivity index (χ4n) is 1.94. The molecule has 1 aromatic carbocycles. The summed E-state index contributed by atoms with van der Waals surface area (Å²) < 4.78 is 5.28. The van der Waals surface area contributed by atoms with Gasteiger partial charge in [0.1, 0.15) is 30.2 Å². The molecule has 6 N–H and O–H groups in total. The van der Waals surface area contributed by atoms with Gasteiger partial charge in [0.2, 0.25) is 0 Å². The van der Waals surface area contributed by atoms with Gasteiger partial charge < -0.3 is 35.6 Å². The molecular weight excluding hydrogens is 254 g/mol. The van der Waals surface area contributed by atoms with E-state index in [2.05, 4.69) is 5.32 Å². The first-order valence-corrected chi connectivity index (χ1v) is 5.89. The monoisotopic (exact) mass is 271 g/mol. The van der Waals surface area contributed by atoms with Gasteiger partial charge in [0, 0.05) is 5.69 Å². The molecule has 19 heavy (non-hydrogen) atoms. The molecular formula is C12H17NO6. The second-order valence-electron chi connectivity index (χ2n) is 4.44. The molecule has 1 aliphatic rings. The largest absolute Gasteiger partial charge is 0.508 e. The maximum absolute atomic E-state index is 9.81. The second-order valence-corrected chi connectivity index (χ2v) is 4.44. The molecule has 0 saturated carbocycles. The summed E-state index contributed by atoms with van der Waals surface area (Å²) in [5.74, 6) is 0.0966. The van der Waals surface area contributed by atoms with E-state index in [1.165, 1.54) is 12.1 Å². The number of aromatic hydroxyl groups is 1. The fraction of sp³-hybridized carbons (Fsp3) is 0.500. The summed E-state index contributed by atoms with van der Waals surface area (Å²) >= 11 is 0. The van der Waals surface area contributed by atoms with Crippen molar-refractivity contribution in [2.75, 3.05) is 11.9 Å². The first-order chi connectivity index (χ1) is 9.02. The number of ether oxygens (including phenoxy) is 1. The van der Waals surface area contributed by atoms with Crippen LogP contribution in [-0.2, 0) is 4.74 Å². The minimum atomic E-state index is -1.42. The number of aliphatic hydroxyl groups excluding tert-OH is 4. The van der Waals surface area contributed by atoms with Crippen LogP contribution in [0.5, 0.6) is 5.75 Å². The maximum atomic E-state index is 9.81. The van der Waals surface area contributed by atoms with E-state index < -0.39 is 37.3 Å². The third-order valence-corrected chi connectivity index (χ3v) is 3.07. The molecule has 0 bridgehead atoms. The van der Waals surface area contributed by atoms with Gasteiger partial charge in [0.05, 0.1) is 6.61 Å². The van der Waals surface area contributed by atoms with Crippen molar-refractivity contribution in [1.29, 1.82) is 0 Å². The summed E-state index contributed by atoms with van der Waals surface area (Å²) in [5, 5.41) is 50.1. The summed E-state index contributed by atoms with van der Waals surface area (Å²) in [5.41, 5.74) is 0.558. The van der Waals surface area contributed by atoms with E-state index in [4.69, 9.17) is 14.9 Å². The number of benzene rings is 1. The van der Waals surface area contributed by atoms with Gasteiger partial charge in [0.25, 0.3) is 0 Å². The molecule has 0 aliphatic carbocycles. The number of phenols is 1. The number of anilines is 1. The minimum Gasteiger partial charge on any atom is -0.508 e. The average molecular weight is 271 g/mol. The van der Waals surface area contributed by atoms with Gasteiger partial charge in [-0.1, -0.05) is 0 Å². The van der Waals surface area contributed by atoms with Crippen LogP contribution in [0, 0.1) is 0 Å². The van der Waals surface area contributed by atoms with Crippen LogP contribution in [0.25, 0.3) is 0 Å². The molecule has 1 aromatic rings. The van der Waals surface area contributed by atoms with Crippen molar-refractivity contribution in [3.05, 3.63) is 24.3 Å². The van der Waals surface area contributed by atoms with Gasteiger partial charge in [-0.25, -0.2) is 0 Å². The van der Waals surface area contributed by atoms with E-state index in [-0.39, 0.29) is 5.75 Å². The Bertz CT molecular complexity index is 409. The van der Waals surface area contributed by atoms with Crippen LogP contribution in [-0.4, -0.2) is 62.8 Å². The molecule has 0 amide bonds. The van der Waals surface area contributed by atoms with E-state index >= 15 is 0 Å². The van der Waals surface area contributed by atoms with Gasteiger partial charge in [-0.15, -0.1) is 0 Å². The summed E-state index contributed by atoms with van der Waals surface area (Å²) in [6.45, 7) is -0.474. The molecule has 2 rings (SSSR count). The Balaban J connectivity index is 2.08. The van der Waals surface area contributed by atoms with E-state index in [0.717, 1.165) is 0 Å². The molecule has 5 atom stereocenters. The van der Waals surface area contributed by atoms with Crippen molar-refractivity contribution in [1.82, 2.24) is 0 Å². The highest BCUT2D eigenvalue weighted by molar-refractivity contribution is 5.46. The van der Waals surface area contributed by atoms with Crippen LogP contribution in [0.2, 0.25) is 0 Å². The zero-order chi connectivity index (χ0) is 14.0. The topological polar surface area (TPSA) is 122 Å². The molecule has 0 radical (unpaired) electrons. The van der Waals surface area contributed by atoms with Crippen molar-refractivity contribution >= 4 is 5.69 Å². The summed E-state index contributed by atoms with van der Waals surface area (Å²) in [4.78, 5) is 0. The molecule has 1 heterocycles. The highest BCUT2D eigenvalue weighted by atomic mass is 16.6. The number of nitrogens with one attached hydrogen (secondary N) is 1. The SMILES string of the molecule is OC[C@@H]1O[C@@H](Nc2ccc(O)cc2)[C@@H](O)[C@H](O)[C@@H]1O. The quantitative estimate of drug-likeness (QED) is 0.374. The summed E-state index contributed by atoms with van der Waals surface area (Å²) in [7, 11) is 0. The zero-order valence-electron chi connectivity index (χ0n) is 10.0. The van der Waals surface area contributed by atoms with Gasteiger partial charge in [-0.3, -0.25) is 0 Å². The zero-order valence-corrected chi connectivity index (χ0v) is 10.0. The molecule has 0 aromatic heterocycles. The second kappa shape index (κ2) is 5.72. The molecule has 1 fully saturated rings. The fourth-order valence-corrected chi connectivity index (χ4v) is 1.94. The Morgan fingerprint density at radius 3 is 2.21 bits per heavy atom. The Morgan fingerprint density at radius 2 is 1.63 bits per heavy atom. The van der Waals surface area contributed by atoms with Crippen LogP contribution in [0.15, 0.2) is 24.3 Å². The van der Waals surface area contributed by atoms with Crippen molar-refractivity contribution in [3.63, 3.8) is 0 Å². The molecule has 1 aliphatic heterocycles. The van der Waals surface area contributed by atoms with Crippen LogP contribution in [0.4, 0.5) is 5.69 Å². The Hall–Kier alpha value is -1.38. The molecule has 106 valence electrons. The third kappa shape index (κ3) is 2.96. The number of rotatable bonds is 3. The van der Waals surface area contributed by atoms with Gasteiger partial charge in [-0.05, 0) is 24.3 Å². The summed E-state index contributed by atoms with van der Waals surface area (Å²) in [6, 6.07) is 6.03. The Kier molecular flexibility index (Phi) is 4.23. The van der Waals surface area contributed by atoms with Crippen molar-refractivity contribution in [3.8, 4) is 5.75 Å². The number of aliphatic hydroxyl groups is 4. The highest BCUT2D eigenvalue weighted by Gasteiger charge is 2.43. The average Bonchev–Trinajstić information content (AvgIpc) is 2.42.